The number of allylic oxidation sites excluding steroid dienone is 6. The van der Waals surface area contributed by atoms with Gasteiger partial charge in [0.25, 0.3) is 0 Å². The van der Waals surface area contributed by atoms with Crippen molar-refractivity contribution in [3.8, 4) is 0 Å². The summed E-state index contributed by atoms with van der Waals surface area (Å²) < 4.78 is 197. The van der Waals surface area contributed by atoms with Gasteiger partial charge in [0, 0.05) is 6.42 Å². The van der Waals surface area contributed by atoms with Crippen LogP contribution in [-0.4, -0.2) is 6.71 Å². The molecule has 0 heterocycles. The molecule has 0 saturated carbocycles. The summed E-state index contributed by atoms with van der Waals surface area (Å²) in [6, 6.07) is 1.02. The van der Waals surface area contributed by atoms with Crippen LogP contribution >= 0.6 is 0 Å². The van der Waals surface area contributed by atoms with E-state index in [9.17, 15) is 65.9 Å². The van der Waals surface area contributed by atoms with Crippen molar-refractivity contribution in [3.05, 3.63) is 149 Å². The van der Waals surface area contributed by atoms with Gasteiger partial charge >= 0.3 is 26.2 Å². The van der Waals surface area contributed by atoms with Crippen LogP contribution in [-0.2, 0) is 26.2 Å². The summed E-state index contributed by atoms with van der Waals surface area (Å²) in [5.41, 5.74) is -3.51. The van der Waals surface area contributed by atoms with Crippen molar-refractivity contribution in [1.82, 2.24) is 0 Å². The van der Waals surface area contributed by atoms with Crippen LogP contribution in [0.1, 0.15) is 6.92 Å². The second-order valence-electron chi connectivity index (χ2n) is 8.31. The summed E-state index contributed by atoms with van der Waals surface area (Å²) in [5.74, 6) is -34.9. The second kappa shape index (κ2) is 16.7. The van der Waals surface area contributed by atoms with E-state index in [0.717, 1.165) is 12.1 Å². The van der Waals surface area contributed by atoms with E-state index < -0.39 is 105 Å². The third-order valence-electron chi connectivity index (χ3n) is 5.23. The first-order valence-corrected chi connectivity index (χ1v) is 11.4. The second-order valence-corrected chi connectivity index (χ2v) is 8.31. The number of hydrogen-bond acceptors (Lipinski definition) is 0. The molecule has 1 aliphatic rings. The van der Waals surface area contributed by atoms with E-state index >= 15 is 0 Å². The molecule has 0 amide bonds. The Balaban J connectivity index is 0.000000485. The van der Waals surface area contributed by atoms with Crippen LogP contribution in [0.25, 0.3) is 0 Å². The largest absolute Gasteiger partial charge is 3.00 e. The first kappa shape index (κ1) is 39.5. The molecule has 0 nitrogen and oxygen atoms in total. The molecule has 0 spiro atoms. The number of benzene rings is 3. The van der Waals surface area contributed by atoms with E-state index in [1.54, 1.807) is 0 Å². The van der Waals surface area contributed by atoms with E-state index in [0.29, 0.717) is 6.32 Å². The molecule has 0 bridgehead atoms. The van der Waals surface area contributed by atoms with Gasteiger partial charge in [-0.3, -0.25) is 8.78 Å². The van der Waals surface area contributed by atoms with Gasteiger partial charge in [-0.05, 0) is 10.9 Å². The molecule has 3 aromatic carbocycles. The summed E-state index contributed by atoms with van der Waals surface area (Å²) >= 11 is 0. The van der Waals surface area contributed by atoms with Gasteiger partial charge in [-0.15, -0.1) is 13.0 Å². The minimum atomic E-state index is -2.56. The molecular formula is C28H12BF15Zr. The molecule has 0 atom stereocenters. The zero-order chi connectivity index (χ0) is 33.6. The fourth-order valence-electron chi connectivity index (χ4n) is 3.20. The Morgan fingerprint density at radius 2 is 0.822 bits per heavy atom. The first-order chi connectivity index (χ1) is 20.4. The molecule has 0 unspecified atom stereocenters. The van der Waals surface area contributed by atoms with Gasteiger partial charge in [0.2, 0.25) is 0 Å². The average molecular weight is 735 g/mol. The summed E-state index contributed by atoms with van der Waals surface area (Å²) in [7, 11) is 0. The number of halogens is 15. The van der Waals surface area contributed by atoms with Gasteiger partial charge in [-0.25, -0.2) is 57.1 Å². The van der Waals surface area contributed by atoms with Crippen molar-refractivity contribution in [3.63, 3.8) is 0 Å². The van der Waals surface area contributed by atoms with Crippen molar-refractivity contribution in [2.75, 3.05) is 0 Å². The van der Waals surface area contributed by atoms with Gasteiger partial charge in [-0.2, -0.15) is 0 Å². The molecule has 2 radical (unpaired) electrons. The molecule has 0 saturated heterocycles. The minimum absolute atomic E-state index is 0. The Kier molecular flexibility index (Phi) is 14.7. The molecule has 236 valence electrons. The SMILES string of the molecule is Fc1[c-]c(F)c(F)c(F)c1F.[CH2-]/C(C)=C\[CH-]B(c1c(F)c(F)c(F)c(F)c1F)c1c(F)c(F)c(F)c(F)c1F.[CH]1C=CC=C1.[Zr+3]. The van der Waals surface area contributed by atoms with Crippen molar-refractivity contribution >= 4 is 17.6 Å². The quantitative estimate of drug-likeness (QED) is 0.0848. The van der Waals surface area contributed by atoms with Gasteiger partial charge < -0.3 is 24.9 Å². The monoisotopic (exact) mass is 734 g/mol. The zero-order valence-corrected chi connectivity index (χ0v) is 24.5. The predicted molar refractivity (Wildman–Crippen MR) is 129 cm³/mol. The molecule has 45 heavy (non-hydrogen) atoms. The smallest absolute Gasteiger partial charge is 0.381 e. The van der Waals surface area contributed by atoms with Crippen LogP contribution < -0.4 is 10.9 Å². The maximum absolute atomic E-state index is 14.1. The van der Waals surface area contributed by atoms with E-state index in [1.807, 2.05) is 30.7 Å². The fourth-order valence-corrected chi connectivity index (χ4v) is 3.20. The van der Waals surface area contributed by atoms with Crippen LogP contribution in [0.4, 0.5) is 65.9 Å². The van der Waals surface area contributed by atoms with Crippen LogP contribution in [0.2, 0.25) is 0 Å². The Labute approximate surface area is 265 Å². The summed E-state index contributed by atoms with van der Waals surface area (Å²) in [6.45, 7) is 2.06. The predicted octanol–water partition coefficient (Wildman–Crippen LogP) is 7.71. The molecule has 4 rings (SSSR count). The van der Waals surface area contributed by atoms with E-state index in [4.69, 9.17) is 0 Å². The molecule has 0 N–H and O–H groups in total. The van der Waals surface area contributed by atoms with Crippen LogP contribution in [0.15, 0.2) is 36.0 Å². The first-order valence-electron chi connectivity index (χ1n) is 11.4. The van der Waals surface area contributed by atoms with Gasteiger partial charge in [-0.1, -0.05) is 24.3 Å². The fraction of sp³-hybridized carbons (Fsp3) is 0.0357. The molecule has 17 heteroatoms. The molecule has 1 aliphatic carbocycles. The molecule has 0 fully saturated rings. The molecule has 3 aromatic rings. The van der Waals surface area contributed by atoms with Gasteiger partial charge in [0.15, 0.2) is 58.2 Å². The topological polar surface area (TPSA) is 0 Å². The summed E-state index contributed by atoms with van der Waals surface area (Å²) in [6.07, 6.45) is 11.3. The third kappa shape index (κ3) is 8.83. The number of rotatable bonds is 4. The average Bonchev–Trinajstić information content (AvgIpc) is 3.58. The zero-order valence-electron chi connectivity index (χ0n) is 22.0. The van der Waals surface area contributed by atoms with E-state index in [2.05, 4.69) is 6.92 Å². The van der Waals surface area contributed by atoms with E-state index in [-0.39, 0.29) is 31.8 Å². The van der Waals surface area contributed by atoms with Gasteiger partial charge in [0.05, 0.1) is 29.1 Å². The van der Waals surface area contributed by atoms with Crippen molar-refractivity contribution in [1.29, 1.82) is 0 Å². The minimum Gasteiger partial charge on any atom is -0.381 e. The normalized spacial score (nSPS) is 11.8. The Bertz CT molecular complexity index is 1480. The molecular weight excluding hydrogens is 723 g/mol. The maximum Gasteiger partial charge on any atom is 3.00 e. The van der Waals surface area contributed by atoms with Crippen LogP contribution in [0.3, 0.4) is 0 Å². The van der Waals surface area contributed by atoms with Gasteiger partial charge in [0.1, 0.15) is 6.71 Å². The summed E-state index contributed by atoms with van der Waals surface area (Å²) in [5, 5.41) is 0. The van der Waals surface area contributed by atoms with Crippen molar-refractivity contribution in [2.45, 2.75) is 6.92 Å². The Hall–Kier alpha value is -3.48. The van der Waals surface area contributed by atoms with Crippen LogP contribution in [0.5, 0.6) is 0 Å². The van der Waals surface area contributed by atoms with Crippen molar-refractivity contribution < 1.29 is 92.1 Å². The Morgan fingerprint density at radius 1 is 0.533 bits per heavy atom. The third-order valence-corrected chi connectivity index (χ3v) is 5.23. The summed E-state index contributed by atoms with van der Waals surface area (Å²) in [4.78, 5) is 0. The number of hydrogen-bond donors (Lipinski definition) is 0. The standard InChI is InChI=1S/C17H7BF10.C6F5.C5H5.Zr/c1-5(2)3-4-18(6-8(19)12(23)16(27)13(24)9(6)20)7-10(21)14(25)17(28)15(26)11(7)22;7-2-1-3(8)5(10)6(11)4(2)9;1-2-4-5-3-1;/h3-4H,1H2,2H3;;1-5H;/q-2;-1;;+3/b5-3+;;;. The van der Waals surface area contributed by atoms with Crippen LogP contribution in [0, 0.1) is 113 Å². The van der Waals surface area contributed by atoms with E-state index in [1.165, 1.54) is 6.92 Å². The molecule has 0 aromatic heterocycles. The molecule has 0 aliphatic heterocycles. The van der Waals surface area contributed by atoms with Crippen molar-refractivity contribution in [2.24, 2.45) is 0 Å². The Morgan fingerprint density at radius 3 is 1.09 bits per heavy atom. The maximum atomic E-state index is 14.1.